The lowest BCUT2D eigenvalue weighted by atomic mass is 10.1. The van der Waals surface area contributed by atoms with Gasteiger partial charge in [-0.1, -0.05) is 30.3 Å². The molecule has 0 bridgehead atoms. The molecule has 5 heteroatoms. The maximum absolute atomic E-state index is 12.1. The molecule has 3 aromatic carbocycles. The SMILES string of the molecule is Cc1ccc(C)c(OCNC(=O)Nc2ccc(Nc3ccccc3)cc2)c1C. The molecular weight excluding hydrogens is 350 g/mol. The van der Waals surface area contributed by atoms with Gasteiger partial charge in [0.05, 0.1) is 0 Å². The van der Waals surface area contributed by atoms with E-state index in [1.165, 1.54) is 0 Å². The topological polar surface area (TPSA) is 62.4 Å². The lowest BCUT2D eigenvalue weighted by molar-refractivity contribution is 0.234. The van der Waals surface area contributed by atoms with Crippen molar-refractivity contribution in [1.29, 1.82) is 0 Å². The summed E-state index contributed by atoms with van der Waals surface area (Å²) < 4.78 is 5.76. The molecule has 0 radical (unpaired) electrons. The van der Waals surface area contributed by atoms with Crippen LogP contribution in [0, 0.1) is 20.8 Å². The highest BCUT2D eigenvalue weighted by Crippen LogP contribution is 2.25. The maximum atomic E-state index is 12.1. The number of urea groups is 1. The molecule has 3 N–H and O–H groups in total. The van der Waals surface area contributed by atoms with Crippen molar-refractivity contribution in [2.24, 2.45) is 0 Å². The van der Waals surface area contributed by atoms with Crippen LogP contribution in [0.25, 0.3) is 0 Å². The monoisotopic (exact) mass is 375 g/mol. The summed E-state index contributed by atoms with van der Waals surface area (Å²) in [6.45, 7) is 6.15. The first kappa shape index (κ1) is 19.3. The number of carbonyl (C=O) groups is 1. The van der Waals surface area contributed by atoms with Gasteiger partial charge in [0.15, 0.2) is 6.73 Å². The number of benzene rings is 3. The number of carbonyl (C=O) groups excluding carboxylic acids is 1. The minimum atomic E-state index is -0.313. The quantitative estimate of drug-likeness (QED) is 0.498. The molecule has 0 aliphatic rings. The van der Waals surface area contributed by atoms with Gasteiger partial charge < -0.3 is 20.7 Å². The predicted octanol–water partition coefficient (Wildman–Crippen LogP) is 5.51. The average molecular weight is 375 g/mol. The molecule has 144 valence electrons. The van der Waals surface area contributed by atoms with Crippen LogP contribution in [0.2, 0.25) is 0 Å². The van der Waals surface area contributed by atoms with Crippen molar-refractivity contribution in [3.05, 3.63) is 83.4 Å². The number of rotatable bonds is 6. The molecule has 0 spiro atoms. The Morgan fingerprint density at radius 3 is 2.11 bits per heavy atom. The van der Waals surface area contributed by atoms with Crippen molar-refractivity contribution in [2.75, 3.05) is 17.4 Å². The van der Waals surface area contributed by atoms with Crippen LogP contribution in [0.4, 0.5) is 21.9 Å². The molecule has 0 aromatic heterocycles. The van der Waals surface area contributed by atoms with Gasteiger partial charge in [-0.25, -0.2) is 4.79 Å². The fourth-order valence-corrected chi connectivity index (χ4v) is 2.82. The van der Waals surface area contributed by atoms with Crippen molar-refractivity contribution >= 4 is 23.1 Å². The highest BCUT2D eigenvalue weighted by atomic mass is 16.5. The standard InChI is InChI=1S/C23H25N3O2/c1-16-9-10-17(2)22(18(16)3)28-15-24-23(27)26-21-13-11-20(12-14-21)25-19-7-5-4-6-8-19/h4-14,25H,15H2,1-3H3,(H2,24,26,27). The molecule has 2 amide bonds. The van der Waals surface area contributed by atoms with E-state index >= 15 is 0 Å². The Morgan fingerprint density at radius 1 is 0.786 bits per heavy atom. The Balaban J connectivity index is 1.49. The van der Waals surface area contributed by atoms with Gasteiger partial charge >= 0.3 is 6.03 Å². The molecule has 0 heterocycles. The third-order valence-corrected chi connectivity index (χ3v) is 4.53. The fraction of sp³-hybridized carbons (Fsp3) is 0.174. The number of anilines is 3. The van der Waals surface area contributed by atoms with Gasteiger partial charge in [0.2, 0.25) is 0 Å². The van der Waals surface area contributed by atoms with Crippen molar-refractivity contribution in [1.82, 2.24) is 5.32 Å². The number of nitrogens with one attached hydrogen (secondary N) is 3. The molecule has 0 saturated carbocycles. The van der Waals surface area contributed by atoms with Gasteiger partial charge in [-0.15, -0.1) is 0 Å². The summed E-state index contributed by atoms with van der Waals surface area (Å²) in [5.41, 5.74) is 5.97. The second kappa shape index (κ2) is 8.95. The van der Waals surface area contributed by atoms with Crippen LogP contribution in [-0.2, 0) is 0 Å². The molecule has 3 aromatic rings. The number of aryl methyl sites for hydroxylation is 2. The number of amides is 2. The van der Waals surface area contributed by atoms with Gasteiger partial charge in [-0.2, -0.15) is 0 Å². The molecule has 5 nitrogen and oxygen atoms in total. The number of hydrogen-bond acceptors (Lipinski definition) is 3. The zero-order valence-electron chi connectivity index (χ0n) is 16.4. The summed E-state index contributed by atoms with van der Waals surface area (Å²) in [5.74, 6) is 0.816. The van der Waals surface area contributed by atoms with E-state index in [1.54, 1.807) is 0 Å². The molecule has 0 unspecified atom stereocenters. The average Bonchev–Trinajstić information content (AvgIpc) is 2.70. The molecule has 0 atom stereocenters. The van der Waals surface area contributed by atoms with E-state index in [-0.39, 0.29) is 12.8 Å². The van der Waals surface area contributed by atoms with Gasteiger partial charge in [0.1, 0.15) is 5.75 Å². The smallest absolute Gasteiger partial charge is 0.321 e. The van der Waals surface area contributed by atoms with E-state index in [0.717, 1.165) is 33.8 Å². The van der Waals surface area contributed by atoms with Crippen LogP contribution in [0.1, 0.15) is 16.7 Å². The van der Waals surface area contributed by atoms with Gasteiger partial charge in [-0.3, -0.25) is 0 Å². The lowest BCUT2D eigenvalue weighted by Crippen LogP contribution is -2.32. The first-order chi connectivity index (χ1) is 13.5. The summed E-state index contributed by atoms with van der Waals surface area (Å²) in [4.78, 5) is 12.1. The Kier molecular flexibility index (Phi) is 6.17. The largest absolute Gasteiger partial charge is 0.473 e. The van der Waals surface area contributed by atoms with E-state index in [4.69, 9.17) is 4.74 Å². The highest BCUT2D eigenvalue weighted by molar-refractivity contribution is 5.89. The third-order valence-electron chi connectivity index (χ3n) is 4.53. The van der Waals surface area contributed by atoms with Crippen molar-refractivity contribution < 1.29 is 9.53 Å². The molecule has 28 heavy (non-hydrogen) atoms. The Morgan fingerprint density at radius 2 is 1.39 bits per heavy atom. The first-order valence-electron chi connectivity index (χ1n) is 9.19. The Bertz CT molecular complexity index is 938. The van der Waals surface area contributed by atoms with Crippen LogP contribution in [0.15, 0.2) is 66.7 Å². The molecular formula is C23H25N3O2. The van der Waals surface area contributed by atoms with Crippen molar-refractivity contribution in [3.63, 3.8) is 0 Å². The van der Waals surface area contributed by atoms with E-state index in [9.17, 15) is 4.79 Å². The summed E-state index contributed by atoms with van der Waals surface area (Å²) in [6, 6.07) is 21.2. The molecule has 0 saturated heterocycles. The summed E-state index contributed by atoms with van der Waals surface area (Å²) in [6.07, 6.45) is 0. The third kappa shape index (κ3) is 5.04. The van der Waals surface area contributed by atoms with Crippen LogP contribution >= 0.6 is 0 Å². The minimum Gasteiger partial charge on any atom is -0.473 e. The molecule has 0 fully saturated rings. The van der Waals surface area contributed by atoms with E-state index in [1.807, 2.05) is 81.4 Å². The van der Waals surface area contributed by atoms with Crippen LogP contribution in [0.3, 0.4) is 0 Å². The van der Waals surface area contributed by atoms with E-state index in [0.29, 0.717) is 5.69 Å². The van der Waals surface area contributed by atoms with E-state index in [2.05, 4.69) is 22.0 Å². The highest BCUT2D eigenvalue weighted by Gasteiger charge is 2.07. The normalized spacial score (nSPS) is 10.2. The zero-order chi connectivity index (χ0) is 19.9. The molecule has 0 aliphatic carbocycles. The molecule has 3 rings (SSSR count). The zero-order valence-corrected chi connectivity index (χ0v) is 16.4. The van der Waals surface area contributed by atoms with Crippen molar-refractivity contribution in [2.45, 2.75) is 20.8 Å². The maximum Gasteiger partial charge on any atom is 0.321 e. The second-order valence-corrected chi connectivity index (χ2v) is 6.64. The summed E-state index contributed by atoms with van der Waals surface area (Å²) in [5, 5.41) is 8.83. The van der Waals surface area contributed by atoms with Crippen LogP contribution in [0.5, 0.6) is 5.75 Å². The Labute approximate surface area is 165 Å². The number of para-hydroxylation sites is 1. The van der Waals surface area contributed by atoms with Gasteiger partial charge in [0.25, 0.3) is 0 Å². The van der Waals surface area contributed by atoms with Crippen LogP contribution < -0.4 is 20.7 Å². The van der Waals surface area contributed by atoms with Crippen molar-refractivity contribution in [3.8, 4) is 5.75 Å². The van der Waals surface area contributed by atoms with Gasteiger partial charge in [-0.05, 0) is 73.9 Å². The second-order valence-electron chi connectivity index (χ2n) is 6.64. The number of ether oxygens (including phenoxy) is 1. The summed E-state index contributed by atoms with van der Waals surface area (Å²) in [7, 11) is 0. The number of hydrogen-bond donors (Lipinski definition) is 3. The van der Waals surface area contributed by atoms with E-state index < -0.39 is 0 Å². The minimum absolute atomic E-state index is 0.102. The summed E-state index contributed by atoms with van der Waals surface area (Å²) >= 11 is 0. The van der Waals surface area contributed by atoms with Gasteiger partial charge in [0, 0.05) is 17.1 Å². The lowest BCUT2D eigenvalue weighted by Gasteiger charge is -2.15. The van der Waals surface area contributed by atoms with Crippen LogP contribution in [-0.4, -0.2) is 12.8 Å². The predicted molar refractivity (Wildman–Crippen MR) is 114 cm³/mol. The fourth-order valence-electron chi connectivity index (χ4n) is 2.82. The Hall–Kier alpha value is -3.47. The first-order valence-corrected chi connectivity index (χ1v) is 9.19. The molecule has 0 aliphatic heterocycles.